The van der Waals surface area contributed by atoms with Crippen molar-refractivity contribution in [3.63, 3.8) is 0 Å². The summed E-state index contributed by atoms with van der Waals surface area (Å²) in [5.74, 6) is 0. The van der Waals surface area contributed by atoms with Gasteiger partial charge in [0.05, 0.1) is 0 Å². The molecule has 1 unspecified atom stereocenters. The summed E-state index contributed by atoms with van der Waals surface area (Å²) in [5, 5.41) is 8.04. The lowest BCUT2D eigenvalue weighted by Crippen LogP contribution is -2.30. The second-order valence-electron chi connectivity index (χ2n) is 5.02. The fraction of sp³-hybridized carbons (Fsp3) is 0.800. The first-order valence-electron chi connectivity index (χ1n) is 7.55. The van der Waals surface area contributed by atoms with Crippen molar-refractivity contribution in [2.75, 3.05) is 6.54 Å². The average Bonchev–Trinajstić information content (AvgIpc) is 2.81. The first-order chi connectivity index (χ1) is 8.81. The van der Waals surface area contributed by atoms with Crippen molar-refractivity contribution in [1.29, 1.82) is 0 Å². The molecule has 0 spiro atoms. The Kier molecular flexibility index (Phi) is 7.74. The van der Waals surface area contributed by atoms with Crippen LogP contribution in [-0.4, -0.2) is 22.4 Å². The Balaban J connectivity index is 2.42. The Morgan fingerprint density at radius 2 is 2.00 bits per heavy atom. The highest BCUT2D eigenvalue weighted by Crippen LogP contribution is 2.09. The highest BCUT2D eigenvalue weighted by Gasteiger charge is 2.09. The Bertz CT molecular complexity index is 306. The molecule has 0 aromatic carbocycles. The van der Waals surface area contributed by atoms with Gasteiger partial charge in [-0.05, 0) is 44.7 Å². The van der Waals surface area contributed by atoms with Crippen molar-refractivity contribution >= 4 is 0 Å². The molecule has 3 heteroatoms. The summed E-state index contributed by atoms with van der Waals surface area (Å²) in [5.41, 5.74) is 1.39. The summed E-state index contributed by atoms with van der Waals surface area (Å²) in [6.07, 6.45) is 9.20. The van der Waals surface area contributed by atoms with Gasteiger partial charge < -0.3 is 5.32 Å². The van der Waals surface area contributed by atoms with Gasteiger partial charge in [0.2, 0.25) is 0 Å². The maximum Gasteiger partial charge on any atom is 0.0492 e. The summed E-state index contributed by atoms with van der Waals surface area (Å²) >= 11 is 0. The molecule has 1 atom stereocenters. The standard InChI is InChI=1S/C15H29N3/c1-4-7-14(16-11-5-2)8-9-15-10-12-17-18(15)13-6-3/h10,12,14,16H,4-9,11,13H2,1-3H3. The zero-order chi connectivity index (χ0) is 13.2. The van der Waals surface area contributed by atoms with Gasteiger partial charge in [-0.3, -0.25) is 4.68 Å². The van der Waals surface area contributed by atoms with Crippen LogP contribution in [0.4, 0.5) is 0 Å². The van der Waals surface area contributed by atoms with Crippen LogP contribution in [-0.2, 0) is 13.0 Å². The Hall–Kier alpha value is -0.830. The van der Waals surface area contributed by atoms with Crippen LogP contribution in [0.1, 0.15) is 58.6 Å². The molecule has 0 radical (unpaired) electrons. The van der Waals surface area contributed by atoms with E-state index in [-0.39, 0.29) is 0 Å². The van der Waals surface area contributed by atoms with Crippen molar-refractivity contribution in [1.82, 2.24) is 15.1 Å². The first kappa shape index (κ1) is 15.2. The molecule has 0 fully saturated rings. The Morgan fingerprint density at radius 3 is 2.67 bits per heavy atom. The number of aromatic nitrogens is 2. The monoisotopic (exact) mass is 251 g/mol. The van der Waals surface area contributed by atoms with E-state index >= 15 is 0 Å². The maximum absolute atomic E-state index is 4.39. The molecule has 1 aromatic heterocycles. The minimum Gasteiger partial charge on any atom is -0.314 e. The molecule has 0 amide bonds. The number of rotatable bonds is 10. The molecule has 0 saturated heterocycles. The summed E-state index contributed by atoms with van der Waals surface area (Å²) in [6, 6.07) is 2.83. The predicted molar refractivity (Wildman–Crippen MR) is 77.8 cm³/mol. The lowest BCUT2D eigenvalue weighted by molar-refractivity contribution is 0.440. The lowest BCUT2D eigenvalue weighted by atomic mass is 10.0. The number of nitrogens with zero attached hydrogens (tertiary/aromatic N) is 2. The van der Waals surface area contributed by atoms with Crippen LogP contribution in [0.2, 0.25) is 0 Å². The minimum atomic E-state index is 0.667. The van der Waals surface area contributed by atoms with Gasteiger partial charge in [-0.25, -0.2) is 0 Å². The van der Waals surface area contributed by atoms with Crippen LogP contribution in [0.25, 0.3) is 0 Å². The quantitative estimate of drug-likeness (QED) is 0.691. The molecule has 3 nitrogen and oxygen atoms in total. The van der Waals surface area contributed by atoms with Crippen LogP contribution in [0.5, 0.6) is 0 Å². The normalized spacial score (nSPS) is 12.8. The highest BCUT2D eigenvalue weighted by molar-refractivity contribution is 5.01. The smallest absolute Gasteiger partial charge is 0.0492 e. The summed E-state index contributed by atoms with van der Waals surface area (Å²) in [4.78, 5) is 0. The molecular weight excluding hydrogens is 222 g/mol. The van der Waals surface area contributed by atoms with Gasteiger partial charge in [0, 0.05) is 24.5 Å². The third-order valence-electron chi connectivity index (χ3n) is 3.31. The molecule has 1 N–H and O–H groups in total. The van der Waals surface area contributed by atoms with E-state index in [1.165, 1.54) is 31.4 Å². The van der Waals surface area contributed by atoms with Crippen molar-refractivity contribution < 1.29 is 0 Å². The fourth-order valence-corrected chi connectivity index (χ4v) is 2.35. The molecule has 0 aliphatic rings. The number of nitrogens with one attached hydrogen (secondary N) is 1. The van der Waals surface area contributed by atoms with Crippen LogP contribution in [0, 0.1) is 0 Å². The van der Waals surface area contributed by atoms with Gasteiger partial charge in [-0.1, -0.05) is 27.2 Å². The Labute approximate surface area is 112 Å². The van der Waals surface area contributed by atoms with Crippen molar-refractivity contribution in [3.8, 4) is 0 Å². The third-order valence-corrected chi connectivity index (χ3v) is 3.31. The molecule has 1 heterocycles. The summed E-state index contributed by atoms with van der Waals surface area (Å²) in [6.45, 7) is 8.88. The second kappa shape index (κ2) is 9.15. The van der Waals surface area contributed by atoms with Gasteiger partial charge in [-0.2, -0.15) is 5.10 Å². The van der Waals surface area contributed by atoms with E-state index in [2.05, 4.69) is 41.9 Å². The minimum absolute atomic E-state index is 0.667. The number of aryl methyl sites for hydroxylation is 2. The molecule has 18 heavy (non-hydrogen) atoms. The molecular formula is C15H29N3. The van der Waals surface area contributed by atoms with E-state index in [1.807, 2.05) is 6.20 Å². The molecule has 1 aromatic rings. The fourth-order valence-electron chi connectivity index (χ4n) is 2.35. The molecule has 0 aliphatic heterocycles. The van der Waals surface area contributed by atoms with Gasteiger partial charge in [0.1, 0.15) is 0 Å². The topological polar surface area (TPSA) is 29.9 Å². The average molecular weight is 251 g/mol. The van der Waals surface area contributed by atoms with E-state index in [0.29, 0.717) is 6.04 Å². The predicted octanol–water partition coefficient (Wildman–Crippen LogP) is 3.39. The van der Waals surface area contributed by atoms with Gasteiger partial charge in [0.15, 0.2) is 0 Å². The molecule has 0 bridgehead atoms. The SMILES string of the molecule is CCCNC(CCC)CCc1ccnn1CCC. The second-order valence-corrected chi connectivity index (χ2v) is 5.02. The zero-order valence-corrected chi connectivity index (χ0v) is 12.3. The molecule has 0 aliphatic carbocycles. The van der Waals surface area contributed by atoms with E-state index in [4.69, 9.17) is 0 Å². The van der Waals surface area contributed by atoms with Gasteiger partial charge in [0.25, 0.3) is 0 Å². The maximum atomic E-state index is 4.39. The summed E-state index contributed by atoms with van der Waals surface area (Å²) < 4.78 is 2.16. The van der Waals surface area contributed by atoms with Gasteiger partial charge in [-0.15, -0.1) is 0 Å². The van der Waals surface area contributed by atoms with Crippen molar-refractivity contribution in [3.05, 3.63) is 18.0 Å². The molecule has 104 valence electrons. The van der Waals surface area contributed by atoms with E-state index in [1.54, 1.807) is 0 Å². The largest absolute Gasteiger partial charge is 0.314 e. The van der Waals surface area contributed by atoms with E-state index in [9.17, 15) is 0 Å². The highest BCUT2D eigenvalue weighted by atomic mass is 15.3. The van der Waals surface area contributed by atoms with E-state index in [0.717, 1.165) is 25.9 Å². The van der Waals surface area contributed by atoms with Gasteiger partial charge >= 0.3 is 0 Å². The van der Waals surface area contributed by atoms with Crippen molar-refractivity contribution in [2.45, 2.75) is 71.9 Å². The third kappa shape index (κ3) is 5.21. The number of hydrogen-bond donors (Lipinski definition) is 1. The summed E-state index contributed by atoms with van der Waals surface area (Å²) in [7, 11) is 0. The molecule has 1 rings (SSSR count). The first-order valence-corrected chi connectivity index (χ1v) is 7.55. The van der Waals surface area contributed by atoms with Crippen molar-refractivity contribution in [2.24, 2.45) is 0 Å². The molecule has 0 saturated carbocycles. The Morgan fingerprint density at radius 1 is 1.17 bits per heavy atom. The van der Waals surface area contributed by atoms with Crippen LogP contribution < -0.4 is 5.32 Å². The van der Waals surface area contributed by atoms with Crippen LogP contribution in [0.3, 0.4) is 0 Å². The number of hydrogen-bond acceptors (Lipinski definition) is 2. The zero-order valence-electron chi connectivity index (χ0n) is 12.3. The van der Waals surface area contributed by atoms with Crippen LogP contribution in [0.15, 0.2) is 12.3 Å². The van der Waals surface area contributed by atoms with Crippen LogP contribution >= 0.6 is 0 Å². The van der Waals surface area contributed by atoms with E-state index < -0.39 is 0 Å². The lowest BCUT2D eigenvalue weighted by Gasteiger charge is -2.18.